The van der Waals surface area contributed by atoms with Gasteiger partial charge in [0.1, 0.15) is 24.3 Å². The maximum absolute atomic E-state index is 11.5. The summed E-state index contributed by atoms with van der Waals surface area (Å²) in [5.41, 5.74) is 2.79. The minimum atomic E-state index is -0.717. The van der Waals surface area contributed by atoms with Gasteiger partial charge < -0.3 is 13.9 Å². The monoisotopic (exact) mass is 404 g/mol. The number of imide groups is 1. The molecule has 1 fully saturated rings. The summed E-state index contributed by atoms with van der Waals surface area (Å²) in [4.78, 5) is 26.9. The van der Waals surface area contributed by atoms with Gasteiger partial charge in [-0.25, -0.2) is 9.78 Å². The van der Waals surface area contributed by atoms with Gasteiger partial charge in [0.05, 0.1) is 0 Å². The van der Waals surface area contributed by atoms with Crippen molar-refractivity contribution in [3.05, 3.63) is 83.6 Å². The summed E-state index contributed by atoms with van der Waals surface area (Å²) in [7, 11) is 0. The lowest BCUT2D eigenvalue weighted by Gasteiger charge is -2.08. The van der Waals surface area contributed by atoms with Gasteiger partial charge in [0.2, 0.25) is 5.89 Å². The maximum Gasteiger partial charge on any atom is 0.414 e. The van der Waals surface area contributed by atoms with Crippen LogP contribution in [0, 0.1) is 0 Å². The number of amides is 2. The third-order valence-electron chi connectivity index (χ3n) is 4.56. The number of oxazole rings is 1. The summed E-state index contributed by atoms with van der Waals surface area (Å²) >= 11 is 0. The molecular weight excluding hydrogens is 384 g/mol. The first-order chi connectivity index (χ1) is 14.7. The first kappa shape index (κ1) is 19.4. The summed E-state index contributed by atoms with van der Waals surface area (Å²) < 4.78 is 16.1. The Labute approximate surface area is 173 Å². The van der Waals surface area contributed by atoms with Crippen LogP contribution < -0.4 is 10.1 Å². The Kier molecular flexibility index (Phi) is 5.89. The second-order valence-electron chi connectivity index (χ2n) is 6.78. The van der Waals surface area contributed by atoms with Crippen molar-refractivity contribution in [2.24, 2.45) is 0 Å². The van der Waals surface area contributed by atoms with Gasteiger partial charge in [-0.15, -0.1) is 0 Å². The molecule has 0 spiro atoms. The smallest absolute Gasteiger partial charge is 0.414 e. The van der Waals surface area contributed by atoms with Crippen LogP contribution in [0.15, 0.2) is 65.3 Å². The molecule has 1 unspecified atom stereocenters. The molecule has 30 heavy (non-hydrogen) atoms. The van der Waals surface area contributed by atoms with Crippen molar-refractivity contribution in [2.45, 2.75) is 25.6 Å². The van der Waals surface area contributed by atoms with E-state index < -0.39 is 12.2 Å². The quantitative estimate of drug-likeness (QED) is 0.610. The van der Waals surface area contributed by atoms with Crippen molar-refractivity contribution in [3.63, 3.8) is 0 Å². The molecule has 1 aliphatic heterocycles. The normalized spacial score (nSPS) is 15.9. The molecule has 1 atom stereocenters. The van der Waals surface area contributed by atoms with E-state index in [-0.39, 0.29) is 5.91 Å². The zero-order valence-corrected chi connectivity index (χ0v) is 16.1. The molecule has 2 amide bonds. The van der Waals surface area contributed by atoms with Crippen LogP contribution in [-0.2, 0) is 22.6 Å². The number of carbonyl (C=O) groups is 2. The van der Waals surface area contributed by atoms with Gasteiger partial charge in [-0.05, 0) is 42.2 Å². The average Bonchev–Trinajstić information content (AvgIpc) is 3.36. The fourth-order valence-corrected chi connectivity index (χ4v) is 2.99. The highest BCUT2D eigenvalue weighted by molar-refractivity contribution is 5.99. The Morgan fingerprint density at radius 2 is 1.83 bits per heavy atom. The molecule has 0 radical (unpaired) electrons. The van der Waals surface area contributed by atoms with Gasteiger partial charge in [0.15, 0.2) is 6.10 Å². The molecule has 2 aromatic carbocycles. The topological polar surface area (TPSA) is 90.7 Å². The van der Waals surface area contributed by atoms with Gasteiger partial charge in [0, 0.05) is 6.08 Å². The first-order valence-corrected chi connectivity index (χ1v) is 9.56. The Balaban J connectivity index is 1.25. The number of hydrogen-bond donors (Lipinski definition) is 1. The van der Waals surface area contributed by atoms with Crippen LogP contribution in [0.4, 0.5) is 4.79 Å². The lowest BCUT2D eigenvalue weighted by Crippen LogP contribution is -2.24. The number of alkyl carbamates (subject to hydrolysis) is 1. The van der Waals surface area contributed by atoms with Crippen LogP contribution in [0.1, 0.15) is 29.1 Å². The Morgan fingerprint density at radius 1 is 1.03 bits per heavy atom. The third kappa shape index (κ3) is 5.14. The number of benzene rings is 2. The minimum absolute atomic E-state index is 0.292. The van der Waals surface area contributed by atoms with Crippen molar-refractivity contribution in [1.82, 2.24) is 10.3 Å². The largest absolute Gasteiger partial charge is 0.487 e. The van der Waals surface area contributed by atoms with Crippen molar-refractivity contribution in [1.29, 1.82) is 0 Å². The van der Waals surface area contributed by atoms with Crippen molar-refractivity contribution < 1.29 is 23.5 Å². The van der Waals surface area contributed by atoms with E-state index in [9.17, 15) is 9.59 Å². The van der Waals surface area contributed by atoms with E-state index >= 15 is 0 Å². The lowest BCUT2D eigenvalue weighted by atomic mass is 10.1. The molecule has 1 N–H and O–H groups in total. The van der Waals surface area contributed by atoms with Crippen LogP contribution in [0.25, 0.3) is 12.2 Å². The highest BCUT2D eigenvalue weighted by atomic mass is 16.6. The fraction of sp³-hybridized carbons (Fsp3) is 0.174. The number of rotatable bonds is 8. The number of aromatic nitrogens is 1. The fourth-order valence-electron chi connectivity index (χ4n) is 2.99. The number of carbonyl (C=O) groups excluding carboxylic acids is 2. The van der Waals surface area contributed by atoms with Gasteiger partial charge in [-0.3, -0.25) is 10.1 Å². The standard InChI is InChI=1S/C23H20N2O5/c26-22-20(30-23(27)25-22)12-8-17-6-10-19(11-7-17)28-14-18-15-29-21(24-18)13-9-16-4-2-1-3-5-16/h1-7,9-11,13,15,20H,8,12,14H2,(H,25,26,27)/b13-9+. The van der Waals surface area contributed by atoms with Gasteiger partial charge in [0.25, 0.3) is 5.91 Å². The molecule has 1 aromatic heterocycles. The summed E-state index contributed by atoms with van der Waals surface area (Å²) in [5, 5.41) is 2.12. The van der Waals surface area contributed by atoms with E-state index in [0.717, 1.165) is 11.1 Å². The number of ether oxygens (including phenoxy) is 2. The molecule has 3 aromatic rings. The van der Waals surface area contributed by atoms with E-state index in [0.29, 0.717) is 36.8 Å². The minimum Gasteiger partial charge on any atom is -0.487 e. The molecule has 4 rings (SSSR count). The summed E-state index contributed by atoms with van der Waals surface area (Å²) in [5.74, 6) is 0.836. The zero-order chi connectivity index (χ0) is 20.8. The van der Waals surface area contributed by atoms with Crippen LogP contribution in [0.2, 0.25) is 0 Å². The lowest BCUT2D eigenvalue weighted by molar-refractivity contribution is -0.123. The molecular formula is C23H20N2O5. The van der Waals surface area contributed by atoms with Crippen molar-refractivity contribution >= 4 is 24.2 Å². The van der Waals surface area contributed by atoms with Crippen molar-refractivity contribution in [3.8, 4) is 5.75 Å². The summed E-state index contributed by atoms with van der Waals surface area (Å²) in [6, 6.07) is 17.5. The molecule has 0 saturated carbocycles. The number of cyclic esters (lactones) is 1. The first-order valence-electron chi connectivity index (χ1n) is 9.56. The number of hydrogen-bond acceptors (Lipinski definition) is 6. The van der Waals surface area contributed by atoms with Gasteiger partial charge in [-0.1, -0.05) is 42.5 Å². The molecule has 7 heteroatoms. The average molecular weight is 404 g/mol. The van der Waals surface area contributed by atoms with E-state index in [1.807, 2.05) is 66.7 Å². The van der Waals surface area contributed by atoms with E-state index in [4.69, 9.17) is 13.9 Å². The molecule has 0 bridgehead atoms. The van der Waals surface area contributed by atoms with E-state index in [2.05, 4.69) is 10.3 Å². The van der Waals surface area contributed by atoms with Gasteiger partial charge >= 0.3 is 6.09 Å². The SMILES string of the molecule is O=C1NC(=O)C(CCc2ccc(OCc3coc(/C=C/c4ccccc4)n3)cc2)O1. The molecule has 1 saturated heterocycles. The van der Waals surface area contributed by atoms with Gasteiger partial charge in [-0.2, -0.15) is 0 Å². The van der Waals surface area contributed by atoms with E-state index in [1.54, 1.807) is 6.26 Å². The molecule has 1 aliphatic rings. The second-order valence-corrected chi connectivity index (χ2v) is 6.78. The Morgan fingerprint density at radius 3 is 2.57 bits per heavy atom. The third-order valence-corrected chi connectivity index (χ3v) is 4.56. The van der Waals surface area contributed by atoms with Crippen molar-refractivity contribution in [2.75, 3.05) is 0 Å². The predicted octanol–water partition coefficient (Wildman–Crippen LogP) is 3.99. The molecule has 2 heterocycles. The van der Waals surface area contributed by atoms with Crippen LogP contribution in [0.3, 0.4) is 0 Å². The second kappa shape index (κ2) is 9.09. The van der Waals surface area contributed by atoms with Crippen LogP contribution in [0.5, 0.6) is 5.75 Å². The molecule has 7 nitrogen and oxygen atoms in total. The van der Waals surface area contributed by atoms with E-state index in [1.165, 1.54) is 0 Å². The Bertz CT molecular complexity index is 1040. The number of nitrogens with zero attached hydrogens (tertiary/aromatic N) is 1. The predicted molar refractivity (Wildman–Crippen MR) is 109 cm³/mol. The molecule has 152 valence electrons. The Hall–Kier alpha value is -3.87. The molecule has 0 aliphatic carbocycles. The zero-order valence-electron chi connectivity index (χ0n) is 16.1. The summed E-state index contributed by atoms with van der Waals surface area (Å²) in [6.45, 7) is 0.292. The number of aryl methyl sites for hydroxylation is 1. The highest BCUT2D eigenvalue weighted by Crippen LogP contribution is 2.17. The summed E-state index contributed by atoms with van der Waals surface area (Å²) in [6.07, 6.45) is 4.99. The van der Waals surface area contributed by atoms with Crippen LogP contribution >= 0.6 is 0 Å². The maximum atomic E-state index is 11.5. The number of nitrogens with one attached hydrogen (secondary N) is 1. The van der Waals surface area contributed by atoms with Crippen LogP contribution in [-0.4, -0.2) is 23.1 Å². The highest BCUT2D eigenvalue weighted by Gasteiger charge is 2.31.